The van der Waals surface area contributed by atoms with E-state index in [-0.39, 0.29) is 0 Å². The van der Waals surface area contributed by atoms with E-state index in [0.717, 1.165) is 28.9 Å². The van der Waals surface area contributed by atoms with Gasteiger partial charge in [0, 0.05) is 50.7 Å². The lowest BCUT2D eigenvalue weighted by Crippen LogP contribution is -2.47. The molecule has 1 saturated heterocycles. The second-order valence-electron chi connectivity index (χ2n) is 8.63. The van der Waals surface area contributed by atoms with E-state index in [0.29, 0.717) is 49.3 Å². The van der Waals surface area contributed by atoms with Crippen molar-refractivity contribution in [2.45, 2.75) is 20.4 Å². The summed E-state index contributed by atoms with van der Waals surface area (Å²) in [5, 5.41) is 12.3. The minimum Gasteiger partial charge on any atom is -0.438 e. The number of ether oxygens (including phenoxy) is 1. The van der Waals surface area contributed by atoms with Crippen LogP contribution in [0.1, 0.15) is 22.3 Å². The number of piperazine rings is 1. The molecule has 0 unspecified atom stereocenters. The van der Waals surface area contributed by atoms with Gasteiger partial charge >= 0.3 is 0 Å². The number of nitriles is 1. The van der Waals surface area contributed by atoms with Crippen LogP contribution in [0.4, 0.5) is 11.6 Å². The van der Waals surface area contributed by atoms with Crippen molar-refractivity contribution in [3.05, 3.63) is 70.9 Å². The quantitative estimate of drug-likeness (QED) is 0.533. The highest BCUT2D eigenvalue weighted by atomic mass is 32.2. The Hall–Kier alpha value is -3.52. The number of anilines is 2. The molecule has 1 aliphatic heterocycles. The minimum absolute atomic E-state index is 0.406. The summed E-state index contributed by atoms with van der Waals surface area (Å²) in [7, 11) is -3.12. The standard InChI is InChI=1S/C25H28N6O3S/c1-18-14-21(16-26)15-19(2)24(18)34-23-8-9-27-25(29-23)28-22-6-4-20(5-7-22)17-30-10-12-31(13-11-30)35(3,32)33/h4-9,14-15H,10-13,17H2,1-3H3,(H,27,28,29). The SMILES string of the molecule is Cc1cc(C#N)cc(C)c1Oc1ccnc(Nc2ccc(CN3CCN(S(C)(=O)=O)CC3)cc2)n1. The van der Waals surface area contributed by atoms with E-state index in [1.807, 2.05) is 38.1 Å². The lowest BCUT2D eigenvalue weighted by molar-refractivity contribution is 0.182. The maximum Gasteiger partial charge on any atom is 0.230 e. The second-order valence-corrected chi connectivity index (χ2v) is 10.6. The molecule has 3 aromatic rings. The monoisotopic (exact) mass is 492 g/mol. The Labute approximate surface area is 206 Å². The first-order chi connectivity index (χ1) is 16.7. The molecule has 0 radical (unpaired) electrons. The number of hydrogen-bond donors (Lipinski definition) is 1. The minimum atomic E-state index is -3.12. The fourth-order valence-electron chi connectivity index (χ4n) is 4.04. The van der Waals surface area contributed by atoms with Crippen molar-refractivity contribution >= 4 is 21.7 Å². The van der Waals surface area contributed by atoms with Crippen LogP contribution in [-0.2, 0) is 16.6 Å². The number of benzene rings is 2. The summed E-state index contributed by atoms with van der Waals surface area (Å²) in [5.41, 5.74) is 4.31. The zero-order valence-corrected chi connectivity index (χ0v) is 20.8. The van der Waals surface area contributed by atoms with Crippen LogP contribution < -0.4 is 10.1 Å². The third-order valence-electron chi connectivity index (χ3n) is 5.84. The van der Waals surface area contributed by atoms with Gasteiger partial charge in [0.2, 0.25) is 21.9 Å². The van der Waals surface area contributed by atoms with E-state index >= 15 is 0 Å². The molecule has 0 aliphatic carbocycles. The third-order valence-corrected chi connectivity index (χ3v) is 7.15. The third kappa shape index (κ3) is 6.33. The Morgan fingerprint density at radius 1 is 1.06 bits per heavy atom. The van der Waals surface area contributed by atoms with Gasteiger partial charge in [-0.25, -0.2) is 13.4 Å². The van der Waals surface area contributed by atoms with Crippen LogP contribution in [0.5, 0.6) is 11.6 Å². The molecular weight excluding hydrogens is 464 g/mol. The summed E-state index contributed by atoms with van der Waals surface area (Å²) in [5.74, 6) is 1.50. The Kier molecular flexibility index (Phi) is 7.31. The fourth-order valence-corrected chi connectivity index (χ4v) is 4.87. The topological polar surface area (TPSA) is 111 Å². The average Bonchev–Trinajstić information content (AvgIpc) is 2.82. The molecule has 2 heterocycles. The molecule has 1 N–H and O–H groups in total. The van der Waals surface area contributed by atoms with Crippen LogP contribution in [0.3, 0.4) is 0 Å². The first kappa shape index (κ1) is 24.6. The predicted octanol–water partition coefficient (Wildman–Crippen LogP) is 3.58. The second kappa shape index (κ2) is 10.4. The smallest absolute Gasteiger partial charge is 0.230 e. The molecule has 0 atom stereocenters. The highest BCUT2D eigenvalue weighted by Gasteiger charge is 2.23. The van der Waals surface area contributed by atoms with Crippen LogP contribution in [0.15, 0.2) is 48.7 Å². The highest BCUT2D eigenvalue weighted by molar-refractivity contribution is 7.88. The van der Waals surface area contributed by atoms with Gasteiger partial charge in [0.05, 0.1) is 17.9 Å². The first-order valence-electron chi connectivity index (χ1n) is 11.3. The van der Waals surface area contributed by atoms with Gasteiger partial charge in [0.15, 0.2) is 0 Å². The van der Waals surface area contributed by atoms with Crippen LogP contribution in [-0.4, -0.2) is 60.0 Å². The Balaban J connectivity index is 1.37. The van der Waals surface area contributed by atoms with Crippen LogP contribution in [0.2, 0.25) is 0 Å². The predicted molar refractivity (Wildman–Crippen MR) is 134 cm³/mol. The van der Waals surface area contributed by atoms with Gasteiger partial charge in [-0.15, -0.1) is 0 Å². The summed E-state index contributed by atoms with van der Waals surface area (Å²) in [6, 6.07) is 15.4. The average molecular weight is 493 g/mol. The van der Waals surface area contributed by atoms with Crippen molar-refractivity contribution in [3.8, 4) is 17.7 Å². The number of nitrogens with zero attached hydrogens (tertiary/aromatic N) is 5. The number of aromatic nitrogens is 2. The van der Waals surface area contributed by atoms with Crippen molar-refractivity contribution in [2.75, 3.05) is 37.8 Å². The van der Waals surface area contributed by atoms with E-state index in [1.54, 1.807) is 24.4 Å². The van der Waals surface area contributed by atoms with Crippen molar-refractivity contribution in [1.82, 2.24) is 19.2 Å². The number of sulfonamides is 1. The van der Waals surface area contributed by atoms with Gasteiger partial charge in [-0.05, 0) is 54.8 Å². The van der Waals surface area contributed by atoms with Gasteiger partial charge in [-0.2, -0.15) is 14.6 Å². The van der Waals surface area contributed by atoms with Crippen molar-refractivity contribution < 1.29 is 13.2 Å². The van der Waals surface area contributed by atoms with Gasteiger partial charge in [0.25, 0.3) is 0 Å². The molecule has 35 heavy (non-hydrogen) atoms. The van der Waals surface area contributed by atoms with E-state index in [4.69, 9.17) is 10.00 Å². The van der Waals surface area contributed by atoms with Crippen molar-refractivity contribution in [3.63, 3.8) is 0 Å². The molecule has 10 heteroatoms. The molecule has 0 saturated carbocycles. The number of aryl methyl sites for hydroxylation is 2. The molecule has 0 bridgehead atoms. The molecule has 182 valence electrons. The summed E-state index contributed by atoms with van der Waals surface area (Å²) < 4.78 is 30.9. The normalized spacial score (nSPS) is 14.9. The Bertz CT molecular complexity index is 1320. The first-order valence-corrected chi connectivity index (χ1v) is 13.1. The molecule has 0 amide bonds. The van der Waals surface area contributed by atoms with Gasteiger partial charge in [0.1, 0.15) is 5.75 Å². The van der Waals surface area contributed by atoms with Gasteiger partial charge in [-0.1, -0.05) is 12.1 Å². The van der Waals surface area contributed by atoms with E-state index < -0.39 is 10.0 Å². The largest absolute Gasteiger partial charge is 0.438 e. The number of hydrogen-bond acceptors (Lipinski definition) is 8. The zero-order valence-electron chi connectivity index (χ0n) is 20.0. The molecule has 2 aromatic carbocycles. The maximum absolute atomic E-state index is 11.7. The summed E-state index contributed by atoms with van der Waals surface area (Å²) in [6.45, 7) is 7.04. The van der Waals surface area contributed by atoms with Crippen LogP contribution in [0, 0.1) is 25.2 Å². The fraction of sp³-hybridized carbons (Fsp3) is 0.320. The summed E-state index contributed by atoms with van der Waals surface area (Å²) in [6.07, 6.45) is 2.89. The Morgan fingerprint density at radius 2 is 1.71 bits per heavy atom. The Morgan fingerprint density at radius 3 is 2.31 bits per heavy atom. The van der Waals surface area contributed by atoms with Gasteiger partial charge < -0.3 is 10.1 Å². The van der Waals surface area contributed by atoms with Gasteiger partial charge in [-0.3, -0.25) is 4.90 Å². The van der Waals surface area contributed by atoms with Crippen molar-refractivity contribution in [1.29, 1.82) is 5.26 Å². The zero-order chi connectivity index (χ0) is 25.0. The lowest BCUT2D eigenvalue weighted by atomic mass is 10.1. The molecule has 9 nitrogen and oxygen atoms in total. The molecule has 4 rings (SSSR count). The molecule has 1 fully saturated rings. The maximum atomic E-state index is 11.7. The lowest BCUT2D eigenvalue weighted by Gasteiger charge is -2.33. The number of rotatable bonds is 7. The molecule has 1 aromatic heterocycles. The molecule has 0 spiro atoms. The molecular formula is C25H28N6O3S. The van der Waals surface area contributed by atoms with Crippen molar-refractivity contribution in [2.24, 2.45) is 0 Å². The molecule has 1 aliphatic rings. The number of nitrogens with one attached hydrogen (secondary N) is 1. The van der Waals surface area contributed by atoms with Crippen LogP contribution >= 0.6 is 0 Å². The summed E-state index contributed by atoms with van der Waals surface area (Å²) >= 11 is 0. The summed E-state index contributed by atoms with van der Waals surface area (Å²) in [4.78, 5) is 11.0. The van der Waals surface area contributed by atoms with Crippen LogP contribution in [0.25, 0.3) is 0 Å². The van der Waals surface area contributed by atoms with E-state index in [1.165, 1.54) is 10.6 Å². The van der Waals surface area contributed by atoms with E-state index in [9.17, 15) is 8.42 Å². The van der Waals surface area contributed by atoms with E-state index in [2.05, 4.69) is 26.3 Å². The highest BCUT2D eigenvalue weighted by Crippen LogP contribution is 2.29.